The van der Waals surface area contributed by atoms with Crippen molar-refractivity contribution in [3.8, 4) is 0 Å². The van der Waals surface area contributed by atoms with Crippen molar-refractivity contribution in [3.05, 3.63) is 41.6 Å². The van der Waals surface area contributed by atoms with Crippen molar-refractivity contribution in [3.63, 3.8) is 0 Å². The molecule has 0 aliphatic heterocycles. The van der Waals surface area contributed by atoms with Gasteiger partial charge in [-0.15, -0.1) is 0 Å². The van der Waals surface area contributed by atoms with Crippen LogP contribution in [0.15, 0.2) is 30.3 Å². The Kier molecular flexibility index (Phi) is 2.60. The minimum atomic E-state index is -0.408. The first-order valence-corrected chi connectivity index (χ1v) is 5.28. The highest BCUT2D eigenvalue weighted by Gasteiger charge is 2.05. The molecule has 0 saturated carbocycles. The van der Waals surface area contributed by atoms with E-state index in [0.717, 1.165) is 16.6 Å². The lowest BCUT2D eigenvalue weighted by Crippen LogP contribution is -2.10. The van der Waals surface area contributed by atoms with Crippen LogP contribution >= 0.6 is 0 Å². The first-order chi connectivity index (χ1) is 7.58. The zero-order valence-electron chi connectivity index (χ0n) is 9.40. The molecule has 0 unspecified atom stereocenters. The van der Waals surface area contributed by atoms with Gasteiger partial charge < -0.3 is 5.73 Å². The van der Waals surface area contributed by atoms with Crippen LogP contribution in [0.3, 0.4) is 0 Å². The largest absolute Gasteiger partial charge is 0.366 e. The molecule has 0 aliphatic rings. The maximum Gasteiger partial charge on any atom is 0.248 e. The smallest absolute Gasteiger partial charge is 0.248 e. The summed E-state index contributed by atoms with van der Waals surface area (Å²) in [5, 5.41) is 0.945. The van der Waals surface area contributed by atoms with E-state index in [4.69, 9.17) is 5.73 Å². The summed E-state index contributed by atoms with van der Waals surface area (Å²) >= 11 is 0. The van der Waals surface area contributed by atoms with E-state index in [1.807, 2.05) is 18.2 Å². The Balaban J connectivity index is 2.57. The molecule has 2 aromatic rings. The van der Waals surface area contributed by atoms with Crippen molar-refractivity contribution in [1.82, 2.24) is 4.98 Å². The van der Waals surface area contributed by atoms with E-state index < -0.39 is 5.91 Å². The Morgan fingerprint density at radius 2 is 2.00 bits per heavy atom. The predicted octanol–water partition coefficient (Wildman–Crippen LogP) is 2.46. The van der Waals surface area contributed by atoms with Gasteiger partial charge in [0.2, 0.25) is 5.91 Å². The lowest BCUT2D eigenvalue weighted by molar-refractivity contribution is 0.100. The number of amides is 1. The Morgan fingerprint density at radius 1 is 1.25 bits per heavy atom. The number of fused-ring (bicyclic) bond motifs is 1. The topological polar surface area (TPSA) is 56.0 Å². The van der Waals surface area contributed by atoms with Gasteiger partial charge in [0.1, 0.15) is 0 Å². The highest BCUT2D eigenvalue weighted by atomic mass is 16.1. The van der Waals surface area contributed by atoms with Crippen LogP contribution in [0.25, 0.3) is 10.9 Å². The van der Waals surface area contributed by atoms with Crippen molar-refractivity contribution in [2.75, 3.05) is 0 Å². The third-order valence-corrected chi connectivity index (χ3v) is 2.59. The van der Waals surface area contributed by atoms with Gasteiger partial charge >= 0.3 is 0 Å². The summed E-state index contributed by atoms with van der Waals surface area (Å²) in [6.45, 7) is 4.21. The Morgan fingerprint density at radius 3 is 2.62 bits per heavy atom. The molecule has 16 heavy (non-hydrogen) atoms. The number of nitrogens with two attached hydrogens (primary N) is 1. The second-order valence-electron chi connectivity index (χ2n) is 4.16. The van der Waals surface area contributed by atoms with E-state index >= 15 is 0 Å². The molecule has 1 aromatic carbocycles. The molecule has 0 atom stereocenters. The Bertz CT molecular complexity index is 547. The quantitative estimate of drug-likeness (QED) is 0.834. The summed E-state index contributed by atoms with van der Waals surface area (Å²) < 4.78 is 0. The highest BCUT2D eigenvalue weighted by Crippen LogP contribution is 2.18. The number of nitrogens with zero attached hydrogens (tertiary/aromatic N) is 1. The summed E-state index contributed by atoms with van der Waals surface area (Å²) in [5.41, 5.74) is 7.70. The number of benzene rings is 1. The van der Waals surface area contributed by atoms with Gasteiger partial charge in [-0.2, -0.15) is 0 Å². The maximum atomic E-state index is 11.0. The molecule has 0 saturated heterocycles. The fraction of sp³-hybridized carbons (Fsp3) is 0.231. The molecular formula is C13H14N2O. The molecule has 82 valence electrons. The lowest BCUT2D eigenvalue weighted by atomic mass is 10.1. The molecular weight excluding hydrogens is 200 g/mol. The number of pyridine rings is 1. The SMILES string of the molecule is CC(C)c1ccc2cc(C(N)=O)ccc2n1. The van der Waals surface area contributed by atoms with Gasteiger partial charge in [0.25, 0.3) is 0 Å². The van der Waals surface area contributed by atoms with E-state index in [2.05, 4.69) is 18.8 Å². The number of primary amides is 1. The summed E-state index contributed by atoms with van der Waals surface area (Å²) in [6, 6.07) is 9.28. The zero-order chi connectivity index (χ0) is 11.7. The van der Waals surface area contributed by atoms with Crippen LogP contribution in [-0.2, 0) is 0 Å². The third-order valence-electron chi connectivity index (χ3n) is 2.59. The average Bonchev–Trinajstić information content (AvgIpc) is 2.27. The fourth-order valence-electron chi connectivity index (χ4n) is 1.62. The van der Waals surface area contributed by atoms with Crippen molar-refractivity contribution in [1.29, 1.82) is 0 Å². The molecule has 0 aliphatic carbocycles. The number of aromatic nitrogens is 1. The molecule has 0 fully saturated rings. The first-order valence-electron chi connectivity index (χ1n) is 5.28. The molecule has 0 spiro atoms. The van der Waals surface area contributed by atoms with Crippen LogP contribution in [0.5, 0.6) is 0 Å². The molecule has 0 bridgehead atoms. The number of carbonyl (C=O) groups excluding carboxylic acids is 1. The van der Waals surface area contributed by atoms with Gasteiger partial charge in [0, 0.05) is 16.6 Å². The maximum absolute atomic E-state index is 11.0. The summed E-state index contributed by atoms with van der Waals surface area (Å²) in [6.07, 6.45) is 0. The minimum absolute atomic E-state index is 0.403. The van der Waals surface area contributed by atoms with Gasteiger partial charge in [0.15, 0.2) is 0 Å². The highest BCUT2D eigenvalue weighted by molar-refractivity contribution is 5.96. The van der Waals surface area contributed by atoms with Gasteiger partial charge in [-0.3, -0.25) is 9.78 Å². The van der Waals surface area contributed by atoms with Crippen LogP contribution in [-0.4, -0.2) is 10.9 Å². The normalized spacial score (nSPS) is 10.9. The minimum Gasteiger partial charge on any atom is -0.366 e. The lowest BCUT2D eigenvalue weighted by Gasteiger charge is -2.06. The van der Waals surface area contributed by atoms with Gasteiger partial charge in [-0.25, -0.2) is 0 Å². The second-order valence-corrected chi connectivity index (χ2v) is 4.16. The molecule has 2 rings (SSSR count). The summed E-state index contributed by atoms with van der Waals surface area (Å²) in [7, 11) is 0. The zero-order valence-corrected chi connectivity index (χ0v) is 9.40. The number of hydrogen-bond donors (Lipinski definition) is 1. The molecule has 0 radical (unpaired) electrons. The van der Waals surface area contributed by atoms with Crippen molar-refractivity contribution < 1.29 is 4.79 Å². The van der Waals surface area contributed by atoms with Gasteiger partial charge in [0.05, 0.1) is 5.52 Å². The van der Waals surface area contributed by atoms with E-state index in [1.165, 1.54) is 0 Å². The van der Waals surface area contributed by atoms with Crippen LogP contribution in [0.2, 0.25) is 0 Å². The van der Waals surface area contributed by atoms with E-state index in [-0.39, 0.29) is 0 Å². The van der Waals surface area contributed by atoms with Gasteiger partial charge in [-0.1, -0.05) is 19.9 Å². The molecule has 1 aromatic heterocycles. The number of hydrogen-bond acceptors (Lipinski definition) is 2. The fourth-order valence-corrected chi connectivity index (χ4v) is 1.62. The molecule has 1 amide bonds. The number of carbonyl (C=O) groups is 1. The van der Waals surface area contributed by atoms with Crippen molar-refractivity contribution in [2.24, 2.45) is 5.73 Å². The average molecular weight is 214 g/mol. The predicted molar refractivity (Wildman–Crippen MR) is 64.3 cm³/mol. The van der Waals surface area contributed by atoms with E-state index in [1.54, 1.807) is 12.1 Å². The standard InChI is InChI=1S/C13H14N2O/c1-8(2)11-5-3-9-7-10(13(14)16)4-6-12(9)15-11/h3-8H,1-2H3,(H2,14,16). The first kappa shape index (κ1) is 10.6. The van der Waals surface area contributed by atoms with E-state index in [9.17, 15) is 4.79 Å². The Hall–Kier alpha value is -1.90. The second kappa shape index (κ2) is 3.93. The summed E-state index contributed by atoms with van der Waals surface area (Å²) in [5.74, 6) is -0.00458. The molecule has 3 heteroatoms. The third kappa shape index (κ3) is 1.89. The molecule has 3 nitrogen and oxygen atoms in total. The van der Waals surface area contributed by atoms with Gasteiger partial charge in [-0.05, 0) is 30.2 Å². The molecule has 1 heterocycles. The molecule has 2 N–H and O–H groups in total. The van der Waals surface area contributed by atoms with Crippen LogP contribution in [0, 0.1) is 0 Å². The van der Waals surface area contributed by atoms with Crippen LogP contribution in [0.4, 0.5) is 0 Å². The van der Waals surface area contributed by atoms with Crippen molar-refractivity contribution in [2.45, 2.75) is 19.8 Å². The Labute approximate surface area is 94.3 Å². The van der Waals surface area contributed by atoms with Crippen LogP contribution < -0.4 is 5.73 Å². The summed E-state index contributed by atoms with van der Waals surface area (Å²) in [4.78, 5) is 15.5. The van der Waals surface area contributed by atoms with Crippen molar-refractivity contribution >= 4 is 16.8 Å². The van der Waals surface area contributed by atoms with E-state index in [0.29, 0.717) is 11.5 Å². The number of rotatable bonds is 2. The van der Waals surface area contributed by atoms with Crippen LogP contribution in [0.1, 0.15) is 35.8 Å². The monoisotopic (exact) mass is 214 g/mol.